The number of Topliss-reactive ketones (excluding diaryl/α,β-unsaturated/α-hetero) is 1. The van der Waals surface area contributed by atoms with Gasteiger partial charge in [0.15, 0.2) is 17.3 Å². The van der Waals surface area contributed by atoms with E-state index in [1.165, 1.54) is 12.7 Å². The molecule has 0 unspecified atom stereocenters. The Kier molecular flexibility index (Phi) is 11.1. The summed E-state index contributed by atoms with van der Waals surface area (Å²) in [6, 6.07) is 5.45. The van der Waals surface area contributed by atoms with Crippen molar-refractivity contribution in [3.8, 4) is 23.0 Å². The van der Waals surface area contributed by atoms with Crippen LogP contribution >= 0.6 is 0 Å². The number of hydrogen-bond donors (Lipinski definition) is 3. The number of hydrogen-bond acceptors (Lipinski definition) is 8. The van der Waals surface area contributed by atoms with E-state index in [0.29, 0.717) is 65.4 Å². The summed E-state index contributed by atoms with van der Waals surface area (Å²) < 4.78 is 23.6. The Morgan fingerprint density at radius 1 is 1.00 bits per heavy atom. The maximum atomic E-state index is 13.7. The number of ketones is 1. The van der Waals surface area contributed by atoms with E-state index in [4.69, 9.17) is 18.9 Å². The molecule has 0 bridgehead atoms. The molecule has 0 saturated carbocycles. The van der Waals surface area contributed by atoms with Gasteiger partial charge in [-0.1, -0.05) is 17.7 Å². The third-order valence-corrected chi connectivity index (χ3v) is 7.77. The van der Waals surface area contributed by atoms with Crippen LogP contribution in [0.5, 0.6) is 23.0 Å². The molecule has 1 atom stereocenters. The van der Waals surface area contributed by atoms with Crippen LogP contribution in [0.15, 0.2) is 29.8 Å². The molecule has 8 heteroatoms. The Morgan fingerprint density at radius 2 is 1.67 bits per heavy atom. The van der Waals surface area contributed by atoms with Gasteiger partial charge in [0.1, 0.15) is 23.2 Å². The summed E-state index contributed by atoms with van der Waals surface area (Å²) in [4.78, 5) is 13.7. The van der Waals surface area contributed by atoms with Gasteiger partial charge in [0, 0.05) is 16.7 Å². The molecule has 0 spiro atoms. The second kappa shape index (κ2) is 13.9. The van der Waals surface area contributed by atoms with E-state index in [1.54, 1.807) is 34.1 Å². The number of carbonyl (C=O) groups is 1. The van der Waals surface area contributed by atoms with Crippen LogP contribution < -0.4 is 18.9 Å². The van der Waals surface area contributed by atoms with Crippen LogP contribution in [0.4, 0.5) is 0 Å². The molecule has 0 aromatic heterocycles. The number of aliphatic hydroxyl groups is 3. The van der Waals surface area contributed by atoms with Crippen LogP contribution in [-0.2, 0) is 19.4 Å². The van der Waals surface area contributed by atoms with Crippen LogP contribution in [0.3, 0.4) is 0 Å². The number of methoxy groups -OCH3 is 3. The molecule has 1 aliphatic rings. The summed E-state index contributed by atoms with van der Waals surface area (Å²) in [5.74, 6) is 1.82. The van der Waals surface area contributed by atoms with Crippen molar-refractivity contribution in [2.75, 3.05) is 21.3 Å². The molecule has 232 valence electrons. The zero-order valence-electron chi connectivity index (χ0n) is 26.4. The first kappa shape index (κ1) is 33.4. The highest BCUT2D eigenvalue weighted by atomic mass is 16.5. The van der Waals surface area contributed by atoms with Crippen molar-refractivity contribution >= 4 is 5.78 Å². The van der Waals surface area contributed by atoms with Crippen molar-refractivity contribution in [3.05, 3.63) is 57.7 Å². The number of allylic oxidation sites excluding steroid dienone is 2. The van der Waals surface area contributed by atoms with Gasteiger partial charge in [-0.3, -0.25) is 4.79 Å². The van der Waals surface area contributed by atoms with Gasteiger partial charge in [0.05, 0.1) is 45.6 Å². The van der Waals surface area contributed by atoms with Crippen molar-refractivity contribution < 1.29 is 39.1 Å². The number of fused-ring (bicyclic) bond motifs is 1. The first-order chi connectivity index (χ1) is 19.7. The smallest absolute Gasteiger partial charge is 0.174 e. The Balaban J connectivity index is 2.01. The Labute approximate surface area is 250 Å². The lowest BCUT2D eigenvalue weighted by Crippen LogP contribution is -2.24. The van der Waals surface area contributed by atoms with Crippen molar-refractivity contribution in [3.63, 3.8) is 0 Å². The van der Waals surface area contributed by atoms with Gasteiger partial charge >= 0.3 is 0 Å². The third kappa shape index (κ3) is 8.27. The van der Waals surface area contributed by atoms with Crippen LogP contribution in [0.1, 0.15) is 105 Å². The summed E-state index contributed by atoms with van der Waals surface area (Å²) in [5, 5.41) is 30.5. The lowest BCUT2D eigenvalue weighted by atomic mass is 9.87. The zero-order chi connectivity index (χ0) is 31.2. The molecular weight excluding hydrogens is 536 g/mol. The van der Waals surface area contributed by atoms with Crippen LogP contribution in [-0.4, -0.2) is 53.6 Å². The van der Waals surface area contributed by atoms with Gasteiger partial charge in [-0.2, -0.15) is 0 Å². The summed E-state index contributed by atoms with van der Waals surface area (Å²) in [6.07, 6.45) is 5.53. The number of benzene rings is 2. The fourth-order valence-corrected chi connectivity index (χ4v) is 5.49. The molecule has 2 aromatic carbocycles. The van der Waals surface area contributed by atoms with Gasteiger partial charge in [0.2, 0.25) is 0 Å². The molecule has 1 aliphatic heterocycles. The molecule has 2 aromatic rings. The van der Waals surface area contributed by atoms with E-state index < -0.39 is 17.3 Å². The standard InChI is InChI=1S/C34H48O8/c1-21(10-9-16-33(2,3)37)11-12-25-24(13-14-27(39-6)31(25)40-7)28-19-26(36)30-29(42-28)18-22(20-35)23(32(30)41-8)15-17-34(4,5)38/h11,13-14,18,28,35,37-38H,9-10,12,15-17,19-20H2,1-8H3/b21-11+/t28-/m0/s1. The van der Waals surface area contributed by atoms with E-state index >= 15 is 0 Å². The van der Waals surface area contributed by atoms with Gasteiger partial charge in [-0.05, 0) is 90.8 Å². The Morgan fingerprint density at radius 3 is 2.24 bits per heavy atom. The quantitative estimate of drug-likeness (QED) is 0.230. The highest BCUT2D eigenvalue weighted by molar-refractivity contribution is 6.03. The molecule has 0 radical (unpaired) electrons. The van der Waals surface area contributed by atoms with E-state index in [1.807, 2.05) is 26.0 Å². The number of aliphatic hydroxyl groups excluding tert-OH is 1. The van der Waals surface area contributed by atoms with Gasteiger partial charge in [0.25, 0.3) is 0 Å². The largest absolute Gasteiger partial charge is 0.496 e. The zero-order valence-corrected chi connectivity index (χ0v) is 26.4. The van der Waals surface area contributed by atoms with Crippen LogP contribution in [0.2, 0.25) is 0 Å². The van der Waals surface area contributed by atoms with E-state index in [9.17, 15) is 20.1 Å². The third-order valence-electron chi connectivity index (χ3n) is 7.77. The minimum absolute atomic E-state index is 0.101. The average molecular weight is 585 g/mol. The first-order valence-electron chi connectivity index (χ1n) is 14.6. The molecule has 0 aliphatic carbocycles. The van der Waals surface area contributed by atoms with Gasteiger partial charge < -0.3 is 34.3 Å². The maximum absolute atomic E-state index is 13.7. The lowest BCUT2D eigenvalue weighted by Gasteiger charge is -2.30. The predicted octanol–water partition coefficient (Wildman–Crippen LogP) is 6.04. The molecular formula is C34H48O8. The fourth-order valence-electron chi connectivity index (χ4n) is 5.49. The molecule has 0 amide bonds. The molecule has 1 heterocycles. The Hall–Kier alpha value is -3.07. The molecule has 3 rings (SSSR count). The predicted molar refractivity (Wildman–Crippen MR) is 163 cm³/mol. The average Bonchev–Trinajstić information content (AvgIpc) is 2.92. The molecule has 0 saturated heterocycles. The van der Waals surface area contributed by atoms with E-state index in [-0.39, 0.29) is 18.8 Å². The SMILES string of the molecule is COc1ccc([C@@H]2CC(=O)c3c(cc(CO)c(CCC(C)(C)O)c3OC)O2)c(C/C=C(\C)CCCC(C)(C)O)c1OC. The van der Waals surface area contributed by atoms with Gasteiger partial charge in [-0.15, -0.1) is 0 Å². The number of rotatable bonds is 14. The van der Waals surface area contributed by atoms with E-state index in [2.05, 4.69) is 13.0 Å². The Bertz CT molecular complexity index is 1280. The van der Waals surface area contributed by atoms with Crippen molar-refractivity contribution in [2.45, 2.75) is 103 Å². The minimum Gasteiger partial charge on any atom is -0.496 e. The van der Waals surface area contributed by atoms with Gasteiger partial charge in [-0.25, -0.2) is 0 Å². The lowest BCUT2D eigenvalue weighted by molar-refractivity contribution is 0.0687. The highest BCUT2D eigenvalue weighted by Gasteiger charge is 2.35. The molecule has 3 N–H and O–H groups in total. The van der Waals surface area contributed by atoms with Crippen LogP contribution in [0, 0.1) is 0 Å². The van der Waals surface area contributed by atoms with Crippen LogP contribution in [0.25, 0.3) is 0 Å². The summed E-state index contributed by atoms with van der Waals surface area (Å²) >= 11 is 0. The minimum atomic E-state index is -0.911. The molecule has 8 nitrogen and oxygen atoms in total. The topological polar surface area (TPSA) is 115 Å². The van der Waals surface area contributed by atoms with Crippen molar-refractivity contribution in [1.82, 2.24) is 0 Å². The summed E-state index contributed by atoms with van der Waals surface area (Å²) in [7, 11) is 4.70. The normalized spacial score (nSPS) is 15.7. The monoisotopic (exact) mass is 584 g/mol. The fraction of sp³-hybridized carbons (Fsp3) is 0.559. The van der Waals surface area contributed by atoms with Crippen molar-refractivity contribution in [2.24, 2.45) is 0 Å². The first-order valence-corrected chi connectivity index (χ1v) is 14.6. The summed E-state index contributed by atoms with van der Waals surface area (Å²) in [5.41, 5.74) is 2.94. The maximum Gasteiger partial charge on any atom is 0.174 e. The molecule has 0 fully saturated rings. The summed E-state index contributed by atoms with van der Waals surface area (Å²) in [6.45, 7) is 8.90. The second-order valence-electron chi connectivity index (χ2n) is 12.4. The second-order valence-corrected chi connectivity index (χ2v) is 12.4. The number of carbonyl (C=O) groups excluding carboxylic acids is 1. The van der Waals surface area contributed by atoms with E-state index in [0.717, 1.165) is 24.0 Å². The number of ether oxygens (including phenoxy) is 4. The molecule has 42 heavy (non-hydrogen) atoms. The highest BCUT2D eigenvalue weighted by Crippen LogP contribution is 2.46. The van der Waals surface area contributed by atoms with Crippen molar-refractivity contribution in [1.29, 1.82) is 0 Å².